The van der Waals surface area contributed by atoms with Crippen molar-refractivity contribution in [3.63, 3.8) is 0 Å². The fourth-order valence-electron chi connectivity index (χ4n) is 1.84. The van der Waals surface area contributed by atoms with Gasteiger partial charge < -0.3 is 19.2 Å². The molecule has 1 saturated heterocycles. The third-order valence-corrected chi connectivity index (χ3v) is 3.22. The van der Waals surface area contributed by atoms with Crippen LogP contribution in [-0.4, -0.2) is 37.6 Å². The van der Waals surface area contributed by atoms with Gasteiger partial charge in [0.1, 0.15) is 5.75 Å². The van der Waals surface area contributed by atoms with Crippen molar-refractivity contribution >= 4 is 12.6 Å². The molecule has 0 unspecified atom stereocenters. The zero-order chi connectivity index (χ0) is 14.8. The minimum absolute atomic E-state index is 0.101. The van der Waals surface area contributed by atoms with Gasteiger partial charge in [-0.3, -0.25) is 0 Å². The first-order chi connectivity index (χ1) is 9.31. The second kappa shape index (κ2) is 5.76. The van der Waals surface area contributed by atoms with E-state index in [0.717, 1.165) is 11.2 Å². The molecule has 5 heteroatoms. The average Bonchev–Trinajstić information content (AvgIpc) is 2.77. The molecule has 4 nitrogen and oxygen atoms in total. The van der Waals surface area contributed by atoms with Crippen LogP contribution in [-0.2, 0) is 9.31 Å². The first-order valence-corrected chi connectivity index (χ1v) is 6.94. The zero-order valence-corrected chi connectivity index (χ0v) is 12.7. The molecule has 0 bridgehead atoms. The molecule has 0 atom stereocenters. The molecule has 110 valence electrons. The Kier molecular flexibility index (Phi) is 4.42. The molecular formula is C15H23BO4. The van der Waals surface area contributed by atoms with E-state index in [0.29, 0.717) is 13.2 Å². The van der Waals surface area contributed by atoms with Crippen LogP contribution in [0.1, 0.15) is 27.7 Å². The molecule has 1 aromatic carbocycles. The van der Waals surface area contributed by atoms with Gasteiger partial charge in [-0.2, -0.15) is 0 Å². The summed E-state index contributed by atoms with van der Waals surface area (Å²) in [6, 6.07) is 7.71. The van der Waals surface area contributed by atoms with Gasteiger partial charge in [0.2, 0.25) is 0 Å². The molecule has 1 fully saturated rings. The van der Waals surface area contributed by atoms with E-state index in [-0.39, 0.29) is 24.7 Å². The van der Waals surface area contributed by atoms with Crippen LogP contribution in [0.5, 0.6) is 5.75 Å². The molecule has 0 saturated carbocycles. The summed E-state index contributed by atoms with van der Waals surface area (Å²) in [5.41, 5.74) is 0.523. The minimum Gasteiger partial charge on any atom is -0.493 e. The van der Waals surface area contributed by atoms with E-state index >= 15 is 0 Å². The number of rotatable bonds is 5. The summed E-state index contributed by atoms with van der Waals surface area (Å²) < 4.78 is 17.1. The van der Waals surface area contributed by atoms with Crippen molar-refractivity contribution in [2.75, 3.05) is 19.8 Å². The third kappa shape index (κ3) is 3.98. The highest BCUT2D eigenvalue weighted by atomic mass is 16.7. The Hall–Kier alpha value is -1.04. The standard InChI is InChI=1S/C15H23BO4/c1-14(2,9-17)10-18-13-7-5-12(6-8-13)16-19-11-15(3,4)20-16/h5-8,17H,9-11H2,1-4H3. The number of benzene rings is 1. The van der Waals surface area contributed by atoms with Crippen LogP contribution in [0.2, 0.25) is 0 Å². The Morgan fingerprint density at radius 3 is 2.45 bits per heavy atom. The van der Waals surface area contributed by atoms with Crippen LogP contribution in [0, 0.1) is 5.41 Å². The molecular weight excluding hydrogens is 255 g/mol. The van der Waals surface area contributed by atoms with Gasteiger partial charge in [0.25, 0.3) is 0 Å². The smallest absolute Gasteiger partial charge is 0.493 e. The van der Waals surface area contributed by atoms with E-state index in [1.807, 2.05) is 52.0 Å². The quantitative estimate of drug-likeness (QED) is 0.831. The Balaban J connectivity index is 1.94. The van der Waals surface area contributed by atoms with Crippen LogP contribution in [0.25, 0.3) is 0 Å². The zero-order valence-electron chi connectivity index (χ0n) is 12.7. The van der Waals surface area contributed by atoms with E-state index in [4.69, 9.17) is 14.0 Å². The van der Waals surface area contributed by atoms with Crippen molar-refractivity contribution in [1.82, 2.24) is 0 Å². The minimum atomic E-state index is -0.298. The van der Waals surface area contributed by atoms with E-state index in [1.165, 1.54) is 0 Å². The van der Waals surface area contributed by atoms with Crippen molar-refractivity contribution < 1.29 is 19.2 Å². The maximum atomic E-state index is 9.20. The van der Waals surface area contributed by atoms with E-state index in [2.05, 4.69) is 0 Å². The monoisotopic (exact) mass is 278 g/mol. The second-order valence-electron chi connectivity index (χ2n) is 6.70. The molecule has 0 aromatic heterocycles. The van der Waals surface area contributed by atoms with Gasteiger partial charge in [0.05, 0.1) is 25.4 Å². The normalized spacial score (nSPS) is 18.4. The fraction of sp³-hybridized carbons (Fsp3) is 0.600. The Bertz CT molecular complexity index is 442. The van der Waals surface area contributed by atoms with Gasteiger partial charge in [-0.25, -0.2) is 0 Å². The van der Waals surface area contributed by atoms with Crippen LogP contribution < -0.4 is 10.2 Å². The average molecular weight is 278 g/mol. The summed E-state index contributed by atoms with van der Waals surface area (Å²) in [6.45, 7) is 9.13. The number of aliphatic hydroxyl groups excluding tert-OH is 1. The summed E-state index contributed by atoms with van der Waals surface area (Å²) in [7, 11) is -0.298. The Labute approximate surface area is 121 Å². The van der Waals surface area contributed by atoms with Crippen molar-refractivity contribution in [3.05, 3.63) is 24.3 Å². The maximum Gasteiger partial charge on any atom is 0.494 e. The van der Waals surface area contributed by atoms with Gasteiger partial charge in [-0.05, 0) is 31.4 Å². The molecule has 1 heterocycles. The molecule has 0 spiro atoms. The predicted octanol–water partition coefficient (Wildman–Crippen LogP) is 1.60. The Morgan fingerprint density at radius 1 is 1.30 bits per heavy atom. The molecule has 0 amide bonds. The maximum absolute atomic E-state index is 9.20. The van der Waals surface area contributed by atoms with Crippen molar-refractivity contribution in [2.45, 2.75) is 33.3 Å². The van der Waals surface area contributed by atoms with Crippen LogP contribution >= 0.6 is 0 Å². The first-order valence-electron chi connectivity index (χ1n) is 6.94. The second-order valence-corrected chi connectivity index (χ2v) is 6.70. The molecule has 0 radical (unpaired) electrons. The van der Waals surface area contributed by atoms with Gasteiger partial charge in [0.15, 0.2) is 0 Å². The molecule has 1 aliphatic heterocycles. The highest BCUT2D eigenvalue weighted by Crippen LogP contribution is 2.21. The molecule has 1 aliphatic rings. The number of aliphatic hydroxyl groups is 1. The van der Waals surface area contributed by atoms with Gasteiger partial charge in [0, 0.05) is 5.41 Å². The molecule has 1 aromatic rings. The summed E-state index contributed by atoms with van der Waals surface area (Å²) >= 11 is 0. The number of hydrogen-bond acceptors (Lipinski definition) is 4. The lowest BCUT2D eigenvalue weighted by Gasteiger charge is -2.21. The van der Waals surface area contributed by atoms with Crippen molar-refractivity contribution in [1.29, 1.82) is 0 Å². The van der Waals surface area contributed by atoms with Crippen molar-refractivity contribution in [3.8, 4) is 5.75 Å². The van der Waals surface area contributed by atoms with Crippen molar-refractivity contribution in [2.24, 2.45) is 5.41 Å². The van der Waals surface area contributed by atoms with E-state index in [1.54, 1.807) is 0 Å². The third-order valence-electron chi connectivity index (χ3n) is 3.22. The number of hydrogen-bond donors (Lipinski definition) is 1. The highest BCUT2D eigenvalue weighted by molar-refractivity contribution is 6.61. The van der Waals surface area contributed by atoms with Crippen LogP contribution in [0.15, 0.2) is 24.3 Å². The molecule has 20 heavy (non-hydrogen) atoms. The van der Waals surface area contributed by atoms with Gasteiger partial charge in [-0.1, -0.05) is 26.0 Å². The molecule has 1 N–H and O–H groups in total. The molecule has 0 aliphatic carbocycles. The largest absolute Gasteiger partial charge is 0.494 e. The van der Waals surface area contributed by atoms with E-state index in [9.17, 15) is 5.11 Å². The van der Waals surface area contributed by atoms with Crippen LogP contribution in [0.3, 0.4) is 0 Å². The highest BCUT2D eigenvalue weighted by Gasteiger charge is 2.37. The van der Waals surface area contributed by atoms with E-state index < -0.39 is 0 Å². The molecule has 2 rings (SSSR count). The lowest BCUT2D eigenvalue weighted by Crippen LogP contribution is -2.34. The lowest BCUT2D eigenvalue weighted by atomic mass is 9.79. The summed E-state index contributed by atoms with van der Waals surface area (Å²) in [4.78, 5) is 0. The summed E-state index contributed by atoms with van der Waals surface area (Å²) in [5.74, 6) is 0.785. The SMILES string of the molecule is CC(C)(CO)COc1ccc(B2OCC(C)(C)O2)cc1. The Morgan fingerprint density at radius 2 is 1.95 bits per heavy atom. The lowest BCUT2D eigenvalue weighted by molar-refractivity contribution is 0.0976. The first kappa shape index (κ1) is 15.4. The van der Waals surface area contributed by atoms with Gasteiger partial charge >= 0.3 is 7.12 Å². The van der Waals surface area contributed by atoms with Gasteiger partial charge in [-0.15, -0.1) is 0 Å². The van der Waals surface area contributed by atoms with Crippen LogP contribution in [0.4, 0.5) is 0 Å². The topological polar surface area (TPSA) is 47.9 Å². The fourth-order valence-corrected chi connectivity index (χ4v) is 1.84. The number of ether oxygens (including phenoxy) is 1. The summed E-state index contributed by atoms with van der Waals surface area (Å²) in [5, 5.41) is 9.20. The summed E-state index contributed by atoms with van der Waals surface area (Å²) in [6.07, 6.45) is 0. The predicted molar refractivity (Wildman–Crippen MR) is 79.3 cm³/mol.